The number of anilines is 1. The Morgan fingerprint density at radius 3 is 2.42 bits per heavy atom. The number of carbonyl (C=O) groups is 1. The van der Waals surface area contributed by atoms with Crippen LogP contribution in [0.5, 0.6) is 0 Å². The molecule has 0 saturated carbocycles. The normalized spacial score (nSPS) is 18.9. The largest absolute Gasteiger partial charge is 0.391 e. The van der Waals surface area contributed by atoms with E-state index in [0.717, 1.165) is 16.8 Å². The van der Waals surface area contributed by atoms with Gasteiger partial charge in [-0.2, -0.15) is 0 Å². The van der Waals surface area contributed by atoms with Crippen LogP contribution in [0.3, 0.4) is 0 Å². The minimum atomic E-state index is -0.548. The standard InChI is InChI=1S/C16H15NO2/c18-15-10-16(19)17(11-15)14-8-4-7-13(9-14)12-5-2-1-3-6-12/h1-9,15,18H,10-11H2. The van der Waals surface area contributed by atoms with E-state index in [4.69, 9.17) is 0 Å². The summed E-state index contributed by atoms with van der Waals surface area (Å²) in [5.41, 5.74) is 3.05. The zero-order chi connectivity index (χ0) is 13.2. The summed E-state index contributed by atoms with van der Waals surface area (Å²) in [7, 11) is 0. The zero-order valence-electron chi connectivity index (χ0n) is 10.5. The Balaban J connectivity index is 1.95. The molecular formula is C16H15NO2. The summed E-state index contributed by atoms with van der Waals surface area (Å²) in [5.74, 6) is -0.0160. The molecule has 3 heteroatoms. The number of β-amino-alcohol motifs (C(OH)–C–C–N with tert-alkyl or cyclic N) is 1. The van der Waals surface area contributed by atoms with E-state index >= 15 is 0 Å². The van der Waals surface area contributed by atoms with Crippen LogP contribution in [0, 0.1) is 0 Å². The van der Waals surface area contributed by atoms with E-state index in [0.29, 0.717) is 6.54 Å². The van der Waals surface area contributed by atoms with Crippen molar-refractivity contribution in [1.82, 2.24) is 0 Å². The summed E-state index contributed by atoms with van der Waals surface area (Å²) in [6.07, 6.45) is -0.330. The highest BCUT2D eigenvalue weighted by molar-refractivity contribution is 5.96. The molecule has 0 spiro atoms. The molecule has 2 aromatic rings. The molecule has 0 aliphatic carbocycles. The lowest BCUT2D eigenvalue weighted by atomic mass is 10.1. The third-order valence-electron chi connectivity index (χ3n) is 3.37. The first kappa shape index (κ1) is 11.9. The molecule has 3 rings (SSSR count). The van der Waals surface area contributed by atoms with Crippen molar-refractivity contribution in [3.05, 3.63) is 54.6 Å². The Labute approximate surface area is 112 Å². The molecule has 0 radical (unpaired) electrons. The average Bonchev–Trinajstić information content (AvgIpc) is 2.79. The van der Waals surface area contributed by atoms with Gasteiger partial charge in [-0.15, -0.1) is 0 Å². The molecule has 1 aliphatic rings. The molecule has 1 atom stereocenters. The van der Waals surface area contributed by atoms with Crippen LogP contribution < -0.4 is 4.90 Å². The van der Waals surface area contributed by atoms with Crippen molar-refractivity contribution in [1.29, 1.82) is 0 Å². The molecule has 1 amide bonds. The Hall–Kier alpha value is -2.13. The van der Waals surface area contributed by atoms with Crippen molar-refractivity contribution in [3.63, 3.8) is 0 Å². The fourth-order valence-electron chi connectivity index (χ4n) is 2.42. The average molecular weight is 253 g/mol. The van der Waals surface area contributed by atoms with Crippen LogP contribution >= 0.6 is 0 Å². The van der Waals surface area contributed by atoms with Gasteiger partial charge in [0, 0.05) is 5.69 Å². The van der Waals surface area contributed by atoms with E-state index in [-0.39, 0.29) is 12.3 Å². The molecular weight excluding hydrogens is 238 g/mol. The van der Waals surface area contributed by atoms with Gasteiger partial charge in [-0.1, -0.05) is 42.5 Å². The Kier molecular flexibility index (Phi) is 3.05. The van der Waals surface area contributed by atoms with Gasteiger partial charge in [0.2, 0.25) is 5.91 Å². The van der Waals surface area contributed by atoms with Crippen molar-refractivity contribution in [2.75, 3.05) is 11.4 Å². The van der Waals surface area contributed by atoms with Gasteiger partial charge >= 0.3 is 0 Å². The number of carbonyl (C=O) groups excluding carboxylic acids is 1. The molecule has 2 aromatic carbocycles. The Morgan fingerprint density at radius 1 is 1.00 bits per heavy atom. The van der Waals surface area contributed by atoms with Gasteiger partial charge in [-0.05, 0) is 23.3 Å². The summed E-state index contributed by atoms with van der Waals surface area (Å²) in [6, 6.07) is 17.9. The quantitative estimate of drug-likeness (QED) is 0.893. The van der Waals surface area contributed by atoms with Gasteiger partial charge in [0.25, 0.3) is 0 Å². The predicted molar refractivity (Wildman–Crippen MR) is 74.9 cm³/mol. The number of amides is 1. The second-order valence-corrected chi connectivity index (χ2v) is 4.78. The lowest BCUT2D eigenvalue weighted by Crippen LogP contribution is -2.25. The van der Waals surface area contributed by atoms with Crippen molar-refractivity contribution in [2.45, 2.75) is 12.5 Å². The predicted octanol–water partition coefficient (Wildman–Crippen LogP) is 2.45. The first-order valence-corrected chi connectivity index (χ1v) is 6.38. The van der Waals surface area contributed by atoms with E-state index in [1.165, 1.54) is 0 Å². The van der Waals surface area contributed by atoms with Crippen LogP contribution in [0.1, 0.15) is 6.42 Å². The van der Waals surface area contributed by atoms with Crippen molar-refractivity contribution in [2.24, 2.45) is 0 Å². The maximum atomic E-state index is 11.8. The number of hydrogen-bond acceptors (Lipinski definition) is 2. The Bertz CT molecular complexity index is 595. The number of aliphatic hydroxyl groups excluding tert-OH is 1. The highest BCUT2D eigenvalue weighted by Crippen LogP contribution is 2.27. The molecule has 1 unspecified atom stereocenters. The Morgan fingerprint density at radius 2 is 1.74 bits per heavy atom. The van der Waals surface area contributed by atoms with Crippen LogP contribution in [-0.2, 0) is 4.79 Å². The van der Waals surface area contributed by atoms with Gasteiger partial charge in [-0.3, -0.25) is 4.79 Å². The SMILES string of the molecule is O=C1CC(O)CN1c1cccc(-c2ccccc2)c1. The van der Waals surface area contributed by atoms with Crippen LogP contribution in [0.2, 0.25) is 0 Å². The summed E-state index contributed by atoms with van der Waals surface area (Å²) >= 11 is 0. The molecule has 1 N–H and O–H groups in total. The summed E-state index contributed by atoms with van der Waals surface area (Å²) in [4.78, 5) is 13.4. The molecule has 0 aromatic heterocycles. The zero-order valence-corrected chi connectivity index (χ0v) is 10.5. The molecule has 0 bridgehead atoms. The summed E-state index contributed by atoms with van der Waals surface area (Å²) < 4.78 is 0. The van der Waals surface area contributed by atoms with Crippen LogP contribution in [0.15, 0.2) is 54.6 Å². The van der Waals surface area contributed by atoms with Crippen molar-refractivity contribution in [3.8, 4) is 11.1 Å². The highest BCUT2D eigenvalue weighted by Gasteiger charge is 2.28. The van der Waals surface area contributed by atoms with E-state index in [1.807, 2.05) is 54.6 Å². The minimum Gasteiger partial charge on any atom is -0.391 e. The van der Waals surface area contributed by atoms with E-state index < -0.39 is 6.10 Å². The topological polar surface area (TPSA) is 40.5 Å². The second-order valence-electron chi connectivity index (χ2n) is 4.78. The monoisotopic (exact) mass is 253 g/mol. The van der Waals surface area contributed by atoms with Gasteiger partial charge in [0.05, 0.1) is 19.1 Å². The van der Waals surface area contributed by atoms with Crippen LogP contribution in [-0.4, -0.2) is 23.7 Å². The molecule has 1 heterocycles. The molecule has 1 saturated heterocycles. The van der Waals surface area contributed by atoms with Gasteiger partial charge in [-0.25, -0.2) is 0 Å². The maximum absolute atomic E-state index is 11.8. The van der Waals surface area contributed by atoms with E-state index in [9.17, 15) is 9.90 Å². The number of nitrogens with zero attached hydrogens (tertiary/aromatic N) is 1. The van der Waals surface area contributed by atoms with Gasteiger partial charge in [0.15, 0.2) is 0 Å². The molecule has 96 valence electrons. The molecule has 1 fully saturated rings. The van der Waals surface area contributed by atoms with Gasteiger partial charge in [0.1, 0.15) is 0 Å². The summed E-state index contributed by atoms with van der Waals surface area (Å²) in [5, 5.41) is 9.56. The number of benzene rings is 2. The molecule has 19 heavy (non-hydrogen) atoms. The van der Waals surface area contributed by atoms with Crippen molar-refractivity contribution < 1.29 is 9.90 Å². The number of aliphatic hydroxyl groups is 1. The first-order chi connectivity index (χ1) is 9.24. The second kappa shape index (κ2) is 4.86. The van der Waals surface area contributed by atoms with Crippen molar-refractivity contribution >= 4 is 11.6 Å². The number of hydrogen-bond donors (Lipinski definition) is 1. The molecule has 3 nitrogen and oxygen atoms in total. The number of rotatable bonds is 2. The third kappa shape index (κ3) is 2.37. The summed E-state index contributed by atoms with van der Waals surface area (Å²) in [6.45, 7) is 0.386. The van der Waals surface area contributed by atoms with Crippen LogP contribution in [0.4, 0.5) is 5.69 Å². The first-order valence-electron chi connectivity index (χ1n) is 6.38. The third-order valence-corrected chi connectivity index (χ3v) is 3.37. The maximum Gasteiger partial charge on any atom is 0.229 e. The lowest BCUT2D eigenvalue weighted by molar-refractivity contribution is -0.117. The fraction of sp³-hybridized carbons (Fsp3) is 0.188. The minimum absolute atomic E-state index is 0.0160. The lowest BCUT2D eigenvalue weighted by Gasteiger charge is -2.16. The van der Waals surface area contributed by atoms with Gasteiger partial charge < -0.3 is 10.0 Å². The van der Waals surface area contributed by atoms with E-state index in [2.05, 4.69) is 0 Å². The highest BCUT2D eigenvalue weighted by atomic mass is 16.3. The van der Waals surface area contributed by atoms with E-state index in [1.54, 1.807) is 4.90 Å². The molecule has 1 aliphatic heterocycles. The fourth-order valence-corrected chi connectivity index (χ4v) is 2.42. The van der Waals surface area contributed by atoms with Crippen LogP contribution in [0.25, 0.3) is 11.1 Å². The smallest absolute Gasteiger partial charge is 0.229 e.